The van der Waals surface area contributed by atoms with E-state index in [1.165, 1.54) is 5.56 Å². The van der Waals surface area contributed by atoms with Crippen molar-refractivity contribution >= 4 is 17.5 Å². The molecule has 1 atom stereocenters. The quantitative estimate of drug-likeness (QED) is 0.615. The van der Waals surface area contributed by atoms with E-state index in [0.717, 1.165) is 12.0 Å². The molecule has 4 rings (SSSR count). The van der Waals surface area contributed by atoms with E-state index in [4.69, 9.17) is 9.47 Å². The summed E-state index contributed by atoms with van der Waals surface area (Å²) in [6.45, 7) is 0.972. The predicted molar refractivity (Wildman–Crippen MR) is 118 cm³/mol. The van der Waals surface area contributed by atoms with Gasteiger partial charge in [-0.15, -0.1) is 0 Å². The number of amides is 2. The molecule has 2 amide bonds. The van der Waals surface area contributed by atoms with Crippen LogP contribution in [0.5, 0.6) is 5.75 Å². The molecule has 158 valence electrons. The second-order valence-corrected chi connectivity index (χ2v) is 7.25. The SMILES string of the molecule is O=C(COc1ccccc1)Nc1ccc(C(=O)NCC2OCCc3ccccc32)cc1. The van der Waals surface area contributed by atoms with E-state index < -0.39 is 0 Å². The smallest absolute Gasteiger partial charge is 0.262 e. The molecule has 1 aliphatic rings. The Morgan fingerprint density at radius 2 is 1.68 bits per heavy atom. The second-order valence-electron chi connectivity index (χ2n) is 7.25. The van der Waals surface area contributed by atoms with Crippen LogP contribution in [0.3, 0.4) is 0 Å². The van der Waals surface area contributed by atoms with Gasteiger partial charge in [-0.05, 0) is 53.9 Å². The Bertz CT molecular complexity index is 1030. The molecule has 3 aromatic rings. The summed E-state index contributed by atoms with van der Waals surface area (Å²) in [4.78, 5) is 24.6. The minimum absolute atomic E-state index is 0.0882. The van der Waals surface area contributed by atoms with E-state index in [-0.39, 0.29) is 24.5 Å². The Balaban J connectivity index is 1.27. The van der Waals surface area contributed by atoms with Gasteiger partial charge in [-0.2, -0.15) is 0 Å². The van der Waals surface area contributed by atoms with Gasteiger partial charge < -0.3 is 20.1 Å². The Morgan fingerprint density at radius 3 is 2.48 bits per heavy atom. The van der Waals surface area contributed by atoms with Gasteiger partial charge in [-0.3, -0.25) is 9.59 Å². The number of ether oxygens (including phenoxy) is 2. The number of hydrogen-bond acceptors (Lipinski definition) is 4. The lowest BCUT2D eigenvalue weighted by Gasteiger charge is -2.26. The maximum atomic E-state index is 12.5. The first-order valence-electron chi connectivity index (χ1n) is 10.2. The predicted octanol–water partition coefficient (Wildman–Crippen LogP) is 3.75. The molecule has 3 aromatic carbocycles. The summed E-state index contributed by atoms with van der Waals surface area (Å²) in [7, 11) is 0. The monoisotopic (exact) mass is 416 g/mol. The van der Waals surface area contributed by atoms with Crippen molar-refractivity contribution in [3.05, 3.63) is 95.6 Å². The molecule has 0 aliphatic carbocycles. The minimum atomic E-state index is -0.269. The van der Waals surface area contributed by atoms with Gasteiger partial charge in [-0.25, -0.2) is 0 Å². The zero-order valence-electron chi connectivity index (χ0n) is 17.0. The highest BCUT2D eigenvalue weighted by Gasteiger charge is 2.21. The lowest BCUT2D eigenvalue weighted by Crippen LogP contribution is -2.31. The molecule has 0 spiro atoms. The number of hydrogen-bond donors (Lipinski definition) is 2. The van der Waals surface area contributed by atoms with Crippen LogP contribution in [0.15, 0.2) is 78.9 Å². The molecule has 1 heterocycles. The van der Waals surface area contributed by atoms with Crippen LogP contribution in [0, 0.1) is 0 Å². The molecule has 1 aliphatic heterocycles. The van der Waals surface area contributed by atoms with Gasteiger partial charge >= 0.3 is 0 Å². The maximum Gasteiger partial charge on any atom is 0.262 e. The summed E-state index contributed by atoms with van der Waals surface area (Å²) in [5, 5.41) is 5.69. The van der Waals surface area contributed by atoms with E-state index in [1.54, 1.807) is 36.4 Å². The minimum Gasteiger partial charge on any atom is -0.484 e. The fraction of sp³-hybridized carbons (Fsp3) is 0.200. The molecule has 0 fully saturated rings. The Hall–Kier alpha value is -3.64. The number of nitrogens with one attached hydrogen (secondary N) is 2. The Morgan fingerprint density at radius 1 is 0.935 bits per heavy atom. The average Bonchev–Trinajstić information content (AvgIpc) is 2.82. The lowest BCUT2D eigenvalue weighted by molar-refractivity contribution is -0.118. The third-order valence-corrected chi connectivity index (χ3v) is 5.08. The second kappa shape index (κ2) is 9.91. The third-order valence-electron chi connectivity index (χ3n) is 5.08. The number of carbonyl (C=O) groups excluding carboxylic acids is 2. The summed E-state index contributed by atoms with van der Waals surface area (Å²) < 4.78 is 11.3. The van der Waals surface area contributed by atoms with E-state index in [1.807, 2.05) is 36.4 Å². The largest absolute Gasteiger partial charge is 0.484 e. The highest BCUT2D eigenvalue weighted by Crippen LogP contribution is 2.26. The first kappa shape index (κ1) is 20.6. The van der Waals surface area contributed by atoms with Crippen LogP contribution in [-0.4, -0.2) is 31.6 Å². The number of rotatable bonds is 7. The number of benzene rings is 3. The summed E-state index contributed by atoms with van der Waals surface area (Å²) in [5.74, 6) is 0.181. The molecule has 6 heteroatoms. The van der Waals surface area contributed by atoms with E-state index >= 15 is 0 Å². The maximum absolute atomic E-state index is 12.5. The summed E-state index contributed by atoms with van der Waals surface area (Å²) in [6.07, 6.45) is 0.751. The first-order valence-corrected chi connectivity index (χ1v) is 10.2. The molecule has 0 saturated heterocycles. The lowest BCUT2D eigenvalue weighted by atomic mass is 9.97. The molecular weight excluding hydrogens is 392 g/mol. The third kappa shape index (κ3) is 5.49. The van der Waals surface area contributed by atoms with Crippen LogP contribution in [-0.2, 0) is 16.0 Å². The van der Waals surface area contributed by atoms with Gasteiger partial charge in [0.05, 0.1) is 6.61 Å². The van der Waals surface area contributed by atoms with Crippen LogP contribution in [0.25, 0.3) is 0 Å². The van der Waals surface area contributed by atoms with Gasteiger partial charge in [0.1, 0.15) is 11.9 Å². The van der Waals surface area contributed by atoms with Crippen molar-refractivity contribution in [2.45, 2.75) is 12.5 Å². The Labute approximate surface area is 181 Å². The van der Waals surface area contributed by atoms with Crippen molar-refractivity contribution in [1.29, 1.82) is 0 Å². The number of fused-ring (bicyclic) bond motifs is 1. The van der Waals surface area contributed by atoms with Crippen molar-refractivity contribution in [2.24, 2.45) is 0 Å². The summed E-state index contributed by atoms with van der Waals surface area (Å²) >= 11 is 0. The van der Waals surface area contributed by atoms with Crippen LogP contribution in [0.2, 0.25) is 0 Å². The van der Waals surface area contributed by atoms with Gasteiger partial charge in [0.25, 0.3) is 11.8 Å². The van der Waals surface area contributed by atoms with Crippen molar-refractivity contribution in [2.75, 3.05) is 25.1 Å². The molecule has 0 bridgehead atoms. The van der Waals surface area contributed by atoms with Gasteiger partial charge in [0.15, 0.2) is 6.61 Å². The molecule has 6 nitrogen and oxygen atoms in total. The fourth-order valence-electron chi connectivity index (χ4n) is 3.50. The molecule has 0 aromatic heterocycles. The van der Waals surface area contributed by atoms with E-state index in [9.17, 15) is 9.59 Å². The van der Waals surface area contributed by atoms with E-state index in [2.05, 4.69) is 16.7 Å². The van der Waals surface area contributed by atoms with Gasteiger partial charge in [0, 0.05) is 17.8 Å². The molecular formula is C25H24N2O4. The van der Waals surface area contributed by atoms with Crippen molar-refractivity contribution in [1.82, 2.24) is 5.32 Å². The fourth-order valence-corrected chi connectivity index (χ4v) is 3.50. The van der Waals surface area contributed by atoms with Crippen LogP contribution < -0.4 is 15.4 Å². The number of para-hydroxylation sites is 1. The molecule has 31 heavy (non-hydrogen) atoms. The van der Waals surface area contributed by atoms with Crippen molar-refractivity contribution in [3.63, 3.8) is 0 Å². The normalized spacial score (nSPS) is 14.9. The summed E-state index contributed by atoms with van der Waals surface area (Å²) in [5.41, 5.74) is 3.51. The van der Waals surface area contributed by atoms with Gasteiger partial charge in [0.2, 0.25) is 0 Å². The topological polar surface area (TPSA) is 76.7 Å². The Kier molecular flexibility index (Phi) is 6.59. The van der Waals surface area contributed by atoms with Crippen LogP contribution in [0.4, 0.5) is 5.69 Å². The number of anilines is 1. The first-order chi connectivity index (χ1) is 15.2. The van der Waals surface area contributed by atoms with Crippen molar-refractivity contribution in [3.8, 4) is 5.75 Å². The molecule has 2 N–H and O–H groups in total. The van der Waals surface area contributed by atoms with Crippen molar-refractivity contribution < 1.29 is 19.1 Å². The highest BCUT2D eigenvalue weighted by atomic mass is 16.5. The van der Waals surface area contributed by atoms with Gasteiger partial charge in [-0.1, -0.05) is 42.5 Å². The van der Waals surface area contributed by atoms with E-state index in [0.29, 0.717) is 30.2 Å². The zero-order chi connectivity index (χ0) is 21.5. The average molecular weight is 416 g/mol. The van der Waals surface area contributed by atoms with Crippen LogP contribution in [0.1, 0.15) is 27.6 Å². The number of carbonyl (C=O) groups is 2. The van der Waals surface area contributed by atoms with Crippen LogP contribution >= 0.6 is 0 Å². The highest BCUT2D eigenvalue weighted by molar-refractivity contribution is 5.96. The molecule has 0 saturated carbocycles. The molecule has 1 unspecified atom stereocenters. The summed E-state index contributed by atoms with van der Waals surface area (Å²) in [6, 6.07) is 24.1. The standard InChI is InChI=1S/C25H24N2O4/c28-24(17-31-21-7-2-1-3-8-21)27-20-12-10-19(11-13-20)25(29)26-16-23-22-9-5-4-6-18(22)14-15-30-23/h1-13,23H,14-17H2,(H,26,29)(H,27,28). The zero-order valence-corrected chi connectivity index (χ0v) is 17.0. The molecule has 0 radical (unpaired) electrons.